The van der Waals surface area contributed by atoms with E-state index in [4.69, 9.17) is 22.9 Å². The quantitative estimate of drug-likeness (QED) is 0.0270. The molecule has 0 spiro atoms. The van der Waals surface area contributed by atoms with E-state index in [1.165, 1.54) is 143 Å². The molecule has 1 aliphatic heterocycles. The lowest BCUT2D eigenvalue weighted by molar-refractivity contribution is -0.146. The van der Waals surface area contributed by atoms with Crippen LogP contribution in [0.15, 0.2) is 30.3 Å². The molecule has 0 aliphatic carbocycles. The van der Waals surface area contributed by atoms with Gasteiger partial charge in [0.15, 0.2) is 0 Å². The second kappa shape index (κ2) is 52.5. The van der Waals surface area contributed by atoms with Gasteiger partial charge in [-0.2, -0.15) is 0 Å². The van der Waals surface area contributed by atoms with Crippen molar-refractivity contribution in [3.05, 3.63) is 35.9 Å². The van der Waals surface area contributed by atoms with E-state index in [1.807, 2.05) is 0 Å². The molecule has 2 rings (SSSR count). The summed E-state index contributed by atoms with van der Waals surface area (Å²) in [5.74, 6) is -21.3. The largest absolute Gasteiger partial charge is 0.394 e. The van der Waals surface area contributed by atoms with E-state index in [-0.39, 0.29) is 51.6 Å². The van der Waals surface area contributed by atoms with Crippen molar-refractivity contribution >= 4 is 136 Å². The van der Waals surface area contributed by atoms with Gasteiger partial charge in [0.25, 0.3) is 0 Å². The Morgan fingerprint density at radius 1 is 0.377 bits per heavy atom. The Morgan fingerprint density at radius 3 is 1.17 bits per heavy atom. The summed E-state index contributed by atoms with van der Waals surface area (Å²) in [4.78, 5) is 312. The number of benzene rings is 1. The molecule has 1 fully saturated rings. The fourth-order valence-electron chi connectivity index (χ4n) is 13.7. The smallest absolute Gasteiger partial charge is 0.248 e. The molecule has 23 amide bonds. The monoisotopic (exact) mass is 1950 g/mol. The topological polar surface area (TPSA) is 749 Å². The van der Waals surface area contributed by atoms with Crippen molar-refractivity contribution < 1.29 is 115 Å². The van der Waals surface area contributed by atoms with Crippen molar-refractivity contribution in [3.8, 4) is 0 Å². The number of carbonyl (C=O) groups is 23. The number of hydrogen-bond acceptors (Lipinski definition) is 25. The third-order valence-corrected chi connectivity index (χ3v) is 22.4. The lowest BCUT2D eigenvalue weighted by atomic mass is 9.96. The van der Waals surface area contributed by atoms with Crippen molar-refractivity contribution in [1.82, 2.24) is 106 Å². The molecule has 0 bridgehead atoms. The number of nitrogens with one attached hydrogen (secondary N) is 19. The number of hydrogen-bond donors (Lipinski definition) is 24. The van der Waals surface area contributed by atoms with Gasteiger partial charge >= 0.3 is 0 Å². The number of amides is 23. The van der Waals surface area contributed by atoms with Crippen molar-refractivity contribution in [1.29, 1.82) is 0 Å². The minimum atomic E-state index is -1.91. The minimum Gasteiger partial charge on any atom is -0.394 e. The van der Waals surface area contributed by atoms with E-state index < -0.39 is 297 Å². The number of nitrogens with zero attached hydrogens (tertiary/aromatic N) is 1. The van der Waals surface area contributed by atoms with Gasteiger partial charge in [-0.3, -0.25) is 110 Å². The minimum absolute atomic E-state index is 0.0185. The van der Waals surface area contributed by atoms with Crippen LogP contribution in [0.2, 0.25) is 0 Å². The molecule has 1 aromatic rings. The number of nitrogens with two attached hydrogens (primary N) is 4. The van der Waals surface area contributed by atoms with Crippen molar-refractivity contribution in [2.45, 2.75) is 354 Å². The number of carbonyl (C=O) groups excluding carboxylic acids is 23. The molecule has 1 heterocycles. The van der Waals surface area contributed by atoms with Gasteiger partial charge in [0.2, 0.25) is 136 Å². The van der Waals surface area contributed by atoms with Crippen LogP contribution in [0.4, 0.5) is 0 Å². The summed E-state index contributed by atoms with van der Waals surface area (Å²) in [5, 5.41) is 58.0. The molecule has 28 N–H and O–H groups in total. The highest BCUT2D eigenvalue weighted by atomic mass is 16.3. The highest BCUT2D eigenvalue weighted by molar-refractivity contribution is 6.04. The molecule has 11 atom stereocenters. The Labute approximate surface area is 804 Å². The van der Waals surface area contributed by atoms with Crippen LogP contribution in [0.3, 0.4) is 0 Å². The molecule has 11 unspecified atom stereocenters. The fraction of sp³-hybridized carbons (Fsp3) is 0.678. The van der Waals surface area contributed by atoms with Gasteiger partial charge in [0.05, 0.1) is 19.2 Å². The summed E-state index contributed by atoms with van der Waals surface area (Å²) < 4.78 is 0. The number of primary amides is 3. The first kappa shape index (κ1) is 121. The Balaban J connectivity index is 2.18. The van der Waals surface area contributed by atoms with Crippen LogP contribution in [0.25, 0.3) is 0 Å². The third kappa shape index (κ3) is 39.2. The molecule has 48 heteroatoms. The summed E-state index contributed by atoms with van der Waals surface area (Å²) in [6.45, 7) is 31.3. The van der Waals surface area contributed by atoms with Crippen LogP contribution in [-0.2, 0) is 117 Å². The SMILES string of the molecule is CC(=O)NC(C)(C)C(=O)NC(C)C(=O)NC(C)(C)C(=O)NC(C)C(=O)NC(C)(C)C(=O)NC(C)C(=O)NC(CCC(N)=O)C(=O)NC(C)(C)C(=O)NC(C(=O)NC(C)(C)C(=O)NCC(=O)NC(CCCCN)C(=O)NC(C)(C)C(=O)N1CCCC1C(=O)NC(C(=O)NC(C)(C)C(=O)NC(C)(C)C(=O)NC(CCC(N)=O)C(=O)NC(CCC(N)=O)C(=O)NC(CO)Cc1ccccc1)C(C)C)C(C)C. The maximum Gasteiger partial charge on any atom is 0.248 e. The van der Waals surface area contributed by atoms with Crippen molar-refractivity contribution in [3.63, 3.8) is 0 Å². The number of unbranched alkanes of at least 4 members (excludes halogenated alkanes) is 1. The van der Waals surface area contributed by atoms with Gasteiger partial charge in [-0.15, -0.1) is 0 Å². The molecule has 1 aliphatic rings. The number of aliphatic hydroxyl groups is 1. The highest BCUT2D eigenvalue weighted by Gasteiger charge is 2.48. The van der Waals surface area contributed by atoms with Gasteiger partial charge < -0.3 is 134 Å². The maximum absolute atomic E-state index is 14.6. The van der Waals surface area contributed by atoms with Crippen molar-refractivity contribution in [2.75, 3.05) is 26.2 Å². The van der Waals surface area contributed by atoms with Gasteiger partial charge in [-0.1, -0.05) is 58.0 Å². The van der Waals surface area contributed by atoms with Crippen LogP contribution in [-0.4, -0.2) is 283 Å². The molecular weight excluding hydrogens is 1800 g/mol. The van der Waals surface area contributed by atoms with Crippen LogP contribution >= 0.6 is 0 Å². The number of rotatable bonds is 56. The lowest BCUT2D eigenvalue weighted by Crippen LogP contribution is -2.66. The predicted octanol–water partition coefficient (Wildman–Crippen LogP) is -6.35. The summed E-state index contributed by atoms with van der Waals surface area (Å²) in [6, 6.07) is -5.93. The van der Waals surface area contributed by atoms with E-state index >= 15 is 0 Å². The second-order valence-electron chi connectivity index (χ2n) is 39.6. The third-order valence-electron chi connectivity index (χ3n) is 22.4. The number of likely N-dealkylation sites (tertiary alicyclic amines) is 1. The van der Waals surface area contributed by atoms with Gasteiger partial charge in [-0.25, -0.2) is 0 Å². The second-order valence-corrected chi connectivity index (χ2v) is 39.6. The Kier molecular flexibility index (Phi) is 46.0. The van der Waals surface area contributed by atoms with Crippen molar-refractivity contribution in [2.24, 2.45) is 34.8 Å². The van der Waals surface area contributed by atoms with Crippen LogP contribution in [0, 0.1) is 11.8 Å². The Morgan fingerprint density at radius 2 is 0.732 bits per heavy atom. The highest BCUT2D eigenvalue weighted by Crippen LogP contribution is 2.25. The summed E-state index contributed by atoms with van der Waals surface area (Å²) in [7, 11) is 0. The average molecular weight is 1950 g/mol. The normalized spacial score (nSPS) is 15.2. The lowest BCUT2D eigenvalue weighted by Gasteiger charge is -2.36. The van der Waals surface area contributed by atoms with E-state index in [0.29, 0.717) is 12.8 Å². The summed E-state index contributed by atoms with van der Waals surface area (Å²) in [6.07, 6.45) is -1.18. The van der Waals surface area contributed by atoms with Crippen LogP contribution in [0.5, 0.6) is 0 Å². The Hall–Kier alpha value is -13.1. The molecule has 138 heavy (non-hydrogen) atoms. The standard InChI is InChI=1S/C90H150N24O24/c1-46(2)63(73(129)112-89(21,22)81(137)113-88(19,20)79(135)103-56(36-39-60(93)118)69(125)102-55(35-38-59(92)117)68(124)99-53(45-115)43-52-31-26-25-27-32-52)104-72(128)58-34-30-42-114(58)82(138)90(23,24)110-70(126)54(33-28-29-41-91)100-62(120)44-95-75(131)83(9,10)111-74(130)64(47(3)4)105-80(136)87(17,18)109-71(127)57(37-40-61(94)119)101-65(121)48(5)96-77(133)85(13,14)107-67(123)50(7)98-78(134)86(15,16)108-66(122)49(6)97-76(132)84(11,12)106-51(8)116/h25-27,31-32,46-50,53-58,63-64,115H,28-30,33-45,91H2,1-24H3,(H2,92,117)(H2,93,118)(H2,94,119)(H,95,131)(H,96,133)(H,97,132)(H,98,134)(H,99,124)(H,100,120)(H,101,121)(H,102,125)(H,103,135)(H,104,128)(H,105,136)(H,106,116)(H,107,123)(H,108,122)(H,109,127)(H,110,126)(H,111,130)(H,112,129)(H,113,137). The van der Waals surface area contributed by atoms with Gasteiger partial charge in [0, 0.05) is 32.7 Å². The fourth-order valence-corrected chi connectivity index (χ4v) is 13.7. The zero-order valence-corrected chi connectivity index (χ0v) is 83.8. The van der Waals surface area contributed by atoms with E-state index in [1.54, 1.807) is 58.0 Å². The first-order valence-electron chi connectivity index (χ1n) is 45.7. The molecule has 1 saturated heterocycles. The zero-order chi connectivity index (χ0) is 106. The Bertz CT molecular complexity index is 4610. The molecule has 774 valence electrons. The van der Waals surface area contributed by atoms with Crippen LogP contribution in [0.1, 0.15) is 242 Å². The summed E-state index contributed by atoms with van der Waals surface area (Å²) in [5.41, 5.74) is 8.65. The number of aliphatic hydroxyl groups excluding tert-OH is 1. The average Bonchev–Trinajstić information content (AvgIpc) is 1.67. The van der Waals surface area contributed by atoms with Gasteiger partial charge in [-0.05, 0) is 213 Å². The zero-order valence-electron chi connectivity index (χ0n) is 83.8. The van der Waals surface area contributed by atoms with E-state index in [2.05, 4.69) is 101 Å². The molecule has 0 radical (unpaired) electrons. The molecular formula is C90H150N24O24. The molecule has 1 aromatic carbocycles. The molecule has 48 nitrogen and oxygen atoms in total. The van der Waals surface area contributed by atoms with Crippen LogP contribution < -0.4 is 124 Å². The van der Waals surface area contributed by atoms with E-state index in [0.717, 1.165) is 5.56 Å². The predicted molar refractivity (Wildman–Crippen MR) is 503 cm³/mol. The van der Waals surface area contributed by atoms with E-state index in [9.17, 15) is 115 Å². The maximum atomic E-state index is 14.6. The first-order valence-corrected chi connectivity index (χ1v) is 45.7. The molecule has 0 aromatic heterocycles. The summed E-state index contributed by atoms with van der Waals surface area (Å²) >= 11 is 0. The first-order chi connectivity index (χ1) is 63.3. The van der Waals surface area contributed by atoms with Gasteiger partial charge in [0.1, 0.15) is 105 Å². The molecule has 0 saturated carbocycles.